The number of carbonyl (C=O) groups is 1. The Hall–Kier alpha value is -1.95. The number of hydrogen-bond acceptors (Lipinski definition) is 5. The van der Waals surface area contributed by atoms with Crippen molar-refractivity contribution in [2.45, 2.75) is 46.1 Å². The number of hydrogen-bond donors (Lipinski definition) is 2. The third kappa shape index (κ3) is 4.78. The fourth-order valence-electron chi connectivity index (χ4n) is 3.28. The number of amides is 1. The van der Waals surface area contributed by atoms with E-state index in [1.165, 1.54) is 0 Å². The van der Waals surface area contributed by atoms with Gasteiger partial charge in [0.15, 0.2) is 11.5 Å². The highest BCUT2D eigenvalue weighted by Gasteiger charge is 2.28. The summed E-state index contributed by atoms with van der Waals surface area (Å²) in [4.78, 5) is 12.7. The Bertz CT molecular complexity index is 550. The highest BCUT2D eigenvalue weighted by atomic mass is 16.5. The predicted molar refractivity (Wildman–Crippen MR) is 97.6 cm³/mol. The zero-order chi connectivity index (χ0) is 18.2. The molecule has 1 aliphatic rings. The normalized spacial score (nSPS) is 19.5. The van der Waals surface area contributed by atoms with Gasteiger partial charge in [0.1, 0.15) is 0 Å². The Labute approximate surface area is 150 Å². The molecule has 0 radical (unpaired) electrons. The third-order valence-corrected chi connectivity index (χ3v) is 4.45. The lowest BCUT2D eigenvalue weighted by atomic mass is 10.0. The van der Waals surface area contributed by atoms with Crippen molar-refractivity contribution >= 4 is 5.91 Å². The highest BCUT2D eigenvalue weighted by Crippen LogP contribution is 2.39. The average molecular weight is 350 g/mol. The van der Waals surface area contributed by atoms with Gasteiger partial charge in [0.2, 0.25) is 5.75 Å². The summed E-state index contributed by atoms with van der Waals surface area (Å²) in [5, 5.41) is 3.12. The molecule has 25 heavy (non-hydrogen) atoms. The molecule has 0 aromatic heterocycles. The smallest absolute Gasteiger partial charge is 0.251 e. The van der Waals surface area contributed by atoms with Gasteiger partial charge in [-0.15, -0.1) is 0 Å². The second-order valence-electron chi connectivity index (χ2n) is 6.11. The lowest BCUT2D eigenvalue weighted by Gasteiger charge is -2.21. The second-order valence-corrected chi connectivity index (χ2v) is 6.11. The van der Waals surface area contributed by atoms with Crippen molar-refractivity contribution in [1.82, 2.24) is 5.32 Å². The fraction of sp³-hybridized carbons (Fsp3) is 0.632. The molecule has 0 spiro atoms. The van der Waals surface area contributed by atoms with Gasteiger partial charge in [0, 0.05) is 11.6 Å². The van der Waals surface area contributed by atoms with Gasteiger partial charge in [-0.25, -0.2) is 0 Å². The van der Waals surface area contributed by atoms with Crippen LogP contribution in [0.1, 0.15) is 50.4 Å². The number of ether oxygens (including phenoxy) is 3. The van der Waals surface area contributed by atoms with E-state index in [2.05, 4.69) is 5.32 Å². The molecule has 6 nitrogen and oxygen atoms in total. The second kappa shape index (κ2) is 9.51. The summed E-state index contributed by atoms with van der Waals surface area (Å²) in [5.74, 6) is 1.83. The Morgan fingerprint density at radius 2 is 1.68 bits per heavy atom. The summed E-state index contributed by atoms with van der Waals surface area (Å²) in [6, 6.07) is 3.58. The Balaban J connectivity index is 2.27. The van der Waals surface area contributed by atoms with Crippen LogP contribution in [0.25, 0.3) is 0 Å². The standard InChI is InChI=1S/C19H30N2O4/c1-4-23-16-10-14(11-17(24-5-2)18(16)25-6-3)19(22)21-15-9-7-8-13(15)12-20/h10-11,13,15H,4-9,12,20H2,1-3H3,(H,21,22). The van der Waals surface area contributed by atoms with Gasteiger partial charge in [-0.2, -0.15) is 0 Å². The molecule has 1 aromatic carbocycles. The molecule has 1 fully saturated rings. The maximum atomic E-state index is 12.7. The molecule has 6 heteroatoms. The molecule has 2 unspecified atom stereocenters. The molecule has 1 amide bonds. The van der Waals surface area contributed by atoms with E-state index in [1.54, 1.807) is 12.1 Å². The molecule has 3 N–H and O–H groups in total. The van der Waals surface area contributed by atoms with Crippen LogP contribution in [-0.4, -0.2) is 38.3 Å². The molecule has 2 rings (SSSR count). The van der Waals surface area contributed by atoms with Crippen LogP contribution in [0, 0.1) is 5.92 Å². The first kappa shape index (κ1) is 19.4. The summed E-state index contributed by atoms with van der Waals surface area (Å²) in [7, 11) is 0. The Kier molecular flexibility index (Phi) is 7.37. The lowest BCUT2D eigenvalue weighted by Crippen LogP contribution is -2.39. The molecule has 1 aliphatic carbocycles. The van der Waals surface area contributed by atoms with Crippen LogP contribution in [0.2, 0.25) is 0 Å². The molecule has 0 heterocycles. The van der Waals surface area contributed by atoms with Gasteiger partial charge >= 0.3 is 0 Å². The van der Waals surface area contributed by atoms with Crippen LogP contribution in [0.15, 0.2) is 12.1 Å². The van der Waals surface area contributed by atoms with E-state index < -0.39 is 0 Å². The maximum Gasteiger partial charge on any atom is 0.251 e. The molecule has 0 aliphatic heterocycles. The van der Waals surface area contributed by atoms with Gasteiger partial charge in [-0.3, -0.25) is 4.79 Å². The van der Waals surface area contributed by atoms with Crippen molar-refractivity contribution in [2.75, 3.05) is 26.4 Å². The highest BCUT2D eigenvalue weighted by molar-refractivity contribution is 5.95. The van der Waals surface area contributed by atoms with Gasteiger partial charge in [-0.1, -0.05) is 6.42 Å². The van der Waals surface area contributed by atoms with Gasteiger partial charge < -0.3 is 25.3 Å². The number of benzene rings is 1. The van der Waals surface area contributed by atoms with E-state index in [9.17, 15) is 4.79 Å². The average Bonchev–Trinajstić information content (AvgIpc) is 3.05. The van der Waals surface area contributed by atoms with Gasteiger partial charge in [0.25, 0.3) is 5.91 Å². The van der Waals surface area contributed by atoms with Crippen molar-refractivity contribution in [2.24, 2.45) is 11.7 Å². The van der Waals surface area contributed by atoms with Crippen molar-refractivity contribution in [3.8, 4) is 17.2 Å². The summed E-state index contributed by atoms with van der Waals surface area (Å²) in [6.07, 6.45) is 3.14. The van der Waals surface area contributed by atoms with Gasteiger partial charge in [0.05, 0.1) is 19.8 Å². The van der Waals surface area contributed by atoms with Gasteiger partial charge in [-0.05, 0) is 58.2 Å². The molecule has 1 saturated carbocycles. The first-order valence-electron chi connectivity index (χ1n) is 9.21. The third-order valence-electron chi connectivity index (χ3n) is 4.45. The lowest BCUT2D eigenvalue weighted by molar-refractivity contribution is 0.0927. The predicted octanol–water partition coefficient (Wildman–Crippen LogP) is 2.74. The minimum atomic E-state index is -0.129. The van der Waals surface area contributed by atoms with Crippen LogP contribution >= 0.6 is 0 Å². The quantitative estimate of drug-likeness (QED) is 0.715. The van der Waals surface area contributed by atoms with E-state index in [0.29, 0.717) is 55.1 Å². The molecule has 2 atom stereocenters. The zero-order valence-corrected chi connectivity index (χ0v) is 15.5. The van der Waals surface area contributed by atoms with Crippen molar-refractivity contribution in [3.63, 3.8) is 0 Å². The molecular weight excluding hydrogens is 320 g/mol. The number of rotatable bonds is 9. The fourth-order valence-corrected chi connectivity index (χ4v) is 3.28. The van der Waals surface area contributed by atoms with E-state index in [1.807, 2.05) is 20.8 Å². The van der Waals surface area contributed by atoms with E-state index in [-0.39, 0.29) is 11.9 Å². The molecule has 0 saturated heterocycles. The van der Waals surface area contributed by atoms with Crippen LogP contribution in [0.4, 0.5) is 0 Å². The largest absolute Gasteiger partial charge is 0.490 e. The zero-order valence-electron chi connectivity index (χ0n) is 15.5. The molecule has 140 valence electrons. The van der Waals surface area contributed by atoms with Crippen molar-refractivity contribution in [1.29, 1.82) is 0 Å². The first-order chi connectivity index (χ1) is 12.1. The Morgan fingerprint density at radius 3 is 2.20 bits per heavy atom. The molecule has 0 bridgehead atoms. The van der Waals surface area contributed by atoms with E-state index in [4.69, 9.17) is 19.9 Å². The SMILES string of the molecule is CCOc1cc(C(=O)NC2CCCC2CN)cc(OCC)c1OCC. The van der Waals surface area contributed by atoms with E-state index in [0.717, 1.165) is 19.3 Å². The minimum absolute atomic E-state index is 0.129. The summed E-state index contributed by atoms with van der Waals surface area (Å²) in [5.41, 5.74) is 6.32. The first-order valence-corrected chi connectivity index (χ1v) is 9.21. The van der Waals surface area contributed by atoms with Crippen LogP contribution < -0.4 is 25.3 Å². The Morgan fingerprint density at radius 1 is 1.08 bits per heavy atom. The van der Waals surface area contributed by atoms with Crippen LogP contribution in [0.3, 0.4) is 0 Å². The van der Waals surface area contributed by atoms with Crippen LogP contribution in [-0.2, 0) is 0 Å². The number of nitrogens with one attached hydrogen (secondary N) is 1. The monoisotopic (exact) mass is 350 g/mol. The number of carbonyl (C=O) groups excluding carboxylic acids is 1. The maximum absolute atomic E-state index is 12.7. The topological polar surface area (TPSA) is 82.8 Å². The minimum Gasteiger partial charge on any atom is -0.490 e. The molecule has 1 aromatic rings. The number of nitrogens with two attached hydrogens (primary N) is 1. The van der Waals surface area contributed by atoms with Crippen LogP contribution in [0.5, 0.6) is 17.2 Å². The van der Waals surface area contributed by atoms with Crippen molar-refractivity contribution in [3.05, 3.63) is 17.7 Å². The summed E-state index contributed by atoms with van der Waals surface area (Å²) >= 11 is 0. The summed E-state index contributed by atoms with van der Waals surface area (Å²) < 4.78 is 17.0. The van der Waals surface area contributed by atoms with E-state index >= 15 is 0 Å². The molecular formula is C19H30N2O4. The van der Waals surface area contributed by atoms with Crippen molar-refractivity contribution < 1.29 is 19.0 Å². The summed E-state index contributed by atoms with van der Waals surface area (Å²) in [6.45, 7) is 7.75.